The van der Waals surface area contributed by atoms with Crippen LogP contribution in [0, 0.1) is 11.8 Å². The number of carbonyl (C=O) groups is 3. The Bertz CT molecular complexity index is 886. The molecular formula is C28H47N5O5. The van der Waals surface area contributed by atoms with Crippen molar-refractivity contribution in [2.45, 2.75) is 77.2 Å². The van der Waals surface area contributed by atoms with E-state index in [0.717, 1.165) is 24.8 Å². The number of pyridine rings is 1. The van der Waals surface area contributed by atoms with Crippen LogP contribution in [0.5, 0.6) is 0 Å². The van der Waals surface area contributed by atoms with Crippen molar-refractivity contribution in [3.05, 3.63) is 30.1 Å². The lowest BCUT2D eigenvalue weighted by molar-refractivity contribution is -0.145. The SMILES string of the molecule is CC[C@H](C)[C@@H]([C@@H](CC(=O)N1CCC[C@H]1[C@H](OC)[C@@H](C)C(=O)NCCc1ccncc1)OC)N(C)C(=O)CN. The van der Waals surface area contributed by atoms with E-state index in [9.17, 15) is 14.4 Å². The lowest BCUT2D eigenvalue weighted by Crippen LogP contribution is -2.54. The average molecular weight is 534 g/mol. The van der Waals surface area contributed by atoms with Crippen LogP contribution < -0.4 is 11.1 Å². The van der Waals surface area contributed by atoms with Crippen LogP contribution in [0.3, 0.4) is 0 Å². The van der Waals surface area contributed by atoms with Crippen molar-refractivity contribution in [2.75, 3.05) is 40.9 Å². The summed E-state index contributed by atoms with van der Waals surface area (Å²) in [6.45, 7) is 6.97. The normalized spacial score (nSPS) is 19.3. The van der Waals surface area contributed by atoms with Crippen LogP contribution in [0.15, 0.2) is 24.5 Å². The number of carbonyl (C=O) groups excluding carboxylic acids is 3. The molecule has 2 heterocycles. The smallest absolute Gasteiger partial charge is 0.236 e. The molecule has 1 fully saturated rings. The fourth-order valence-corrected chi connectivity index (χ4v) is 5.51. The fraction of sp³-hybridized carbons (Fsp3) is 0.714. The van der Waals surface area contributed by atoms with Gasteiger partial charge < -0.3 is 30.3 Å². The molecule has 0 radical (unpaired) electrons. The first-order chi connectivity index (χ1) is 18.2. The zero-order valence-corrected chi connectivity index (χ0v) is 23.9. The molecule has 0 aliphatic carbocycles. The van der Waals surface area contributed by atoms with E-state index in [-0.39, 0.29) is 48.7 Å². The van der Waals surface area contributed by atoms with Crippen LogP contribution in [0.1, 0.15) is 52.0 Å². The van der Waals surface area contributed by atoms with Gasteiger partial charge in [-0.2, -0.15) is 0 Å². The number of aromatic nitrogens is 1. The van der Waals surface area contributed by atoms with E-state index in [1.807, 2.05) is 24.0 Å². The third-order valence-corrected chi connectivity index (χ3v) is 7.94. The monoisotopic (exact) mass is 533 g/mol. The van der Waals surface area contributed by atoms with Crippen molar-refractivity contribution in [1.82, 2.24) is 20.1 Å². The third kappa shape index (κ3) is 8.22. The summed E-state index contributed by atoms with van der Waals surface area (Å²) < 4.78 is 11.6. The maximum atomic E-state index is 13.6. The van der Waals surface area contributed by atoms with E-state index in [0.29, 0.717) is 19.5 Å². The van der Waals surface area contributed by atoms with Crippen molar-refractivity contribution in [3.8, 4) is 0 Å². The molecule has 6 atom stereocenters. The first-order valence-corrected chi connectivity index (χ1v) is 13.7. The number of nitrogens with two attached hydrogens (primary N) is 1. The Morgan fingerprint density at radius 2 is 1.89 bits per heavy atom. The number of likely N-dealkylation sites (N-methyl/N-ethyl adjacent to an activating group) is 1. The fourth-order valence-electron chi connectivity index (χ4n) is 5.51. The van der Waals surface area contributed by atoms with Gasteiger partial charge in [0.25, 0.3) is 0 Å². The summed E-state index contributed by atoms with van der Waals surface area (Å²) in [6.07, 6.45) is 5.83. The lowest BCUT2D eigenvalue weighted by atomic mass is 9.90. The van der Waals surface area contributed by atoms with Gasteiger partial charge in [0.05, 0.1) is 43.2 Å². The van der Waals surface area contributed by atoms with Gasteiger partial charge in [0.1, 0.15) is 0 Å². The van der Waals surface area contributed by atoms with Crippen LogP contribution in [0.4, 0.5) is 0 Å². The highest BCUT2D eigenvalue weighted by Gasteiger charge is 2.41. The van der Waals surface area contributed by atoms with Crippen LogP contribution in [-0.2, 0) is 30.3 Å². The molecule has 3 amide bonds. The number of nitrogens with one attached hydrogen (secondary N) is 1. The molecule has 1 saturated heterocycles. The first kappa shape index (κ1) is 31.7. The molecule has 10 nitrogen and oxygen atoms in total. The largest absolute Gasteiger partial charge is 0.379 e. The van der Waals surface area contributed by atoms with Crippen molar-refractivity contribution in [3.63, 3.8) is 0 Å². The van der Waals surface area contributed by atoms with E-state index < -0.39 is 18.1 Å². The molecular weight excluding hydrogens is 486 g/mol. The molecule has 1 aliphatic rings. The Kier molecular flexibility index (Phi) is 13.1. The number of nitrogens with zero attached hydrogens (tertiary/aromatic N) is 3. The number of amides is 3. The third-order valence-electron chi connectivity index (χ3n) is 7.94. The van der Waals surface area contributed by atoms with Crippen molar-refractivity contribution >= 4 is 17.7 Å². The number of likely N-dealkylation sites (tertiary alicyclic amines) is 1. The van der Waals surface area contributed by atoms with Gasteiger partial charge in [0, 0.05) is 46.8 Å². The van der Waals surface area contributed by atoms with E-state index in [2.05, 4.69) is 24.1 Å². The minimum atomic E-state index is -0.478. The quantitative estimate of drug-likeness (QED) is 0.351. The van der Waals surface area contributed by atoms with Crippen molar-refractivity contribution in [1.29, 1.82) is 0 Å². The molecule has 1 aromatic rings. The molecule has 0 unspecified atom stereocenters. The number of ether oxygens (including phenoxy) is 2. The highest BCUT2D eigenvalue weighted by atomic mass is 16.5. The highest BCUT2D eigenvalue weighted by Crippen LogP contribution is 2.29. The Morgan fingerprint density at radius 3 is 2.47 bits per heavy atom. The number of hydrogen-bond acceptors (Lipinski definition) is 7. The Balaban J connectivity index is 2.08. The van der Waals surface area contributed by atoms with Gasteiger partial charge >= 0.3 is 0 Å². The van der Waals surface area contributed by atoms with Gasteiger partial charge in [-0.05, 0) is 42.9 Å². The second-order valence-electron chi connectivity index (χ2n) is 10.2. The molecule has 2 rings (SSSR count). The van der Waals surface area contributed by atoms with Gasteiger partial charge in [-0.15, -0.1) is 0 Å². The van der Waals surface area contributed by atoms with Crippen LogP contribution in [0.2, 0.25) is 0 Å². The lowest BCUT2D eigenvalue weighted by Gasteiger charge is -2.39. The minimum Gasteiger partial charge on any atom is -0.379 e. The molecule has 1 aromatic heterocycles. The van der Waals surface area contributed by atoms with Gasteiger partial charge in [-0.1, -0.05) is 27.2 Å². The van der Waals surface area contributed by atoms with E-state index >= 15 is 0 Å². The summed E-state index contributed by atoms with van der Waals surface area (Å²) in [5, 5.41) is 3.01. The second kappa shape index (κ2) is 15.8. The topological polar surface area (TPSA) is 127 Å². The Morgan fingerprint density at radius 1 is 1.21 bits per heavy atom. The number of methoxy groups -OCH3 is 2. The van der Waals surface area contributed by atoms with Gasteiger partial charge in [-0.25, -0.2) is 0 Å². The molecule has 3 N–H and O–H groups in total. The summed E-state index contributed by atoms with van der Waals surface area (Å²) in [5.74, 6) is -0.667. The molecule has 214 valence electrons. The maximum absolute atomic E-state index is 13.6. The zero-order chi connectivity index (χ0) is 28.2. The molecule has 38 heavy (non-hydrogen) atoms. The van der Waals surface area contributed by atoms with Crippen LogP contribution >= 0.6 is 0 Å². The summed E-state index contributed by atoms with van der Waals surface area (Å²) in [5.41, 5.74) is 6.72. The summed E-state index contributed by atoms with van der Waals surface area (Å²) in [4.78, 5) is 46.5. The standard InChI is InChI=1S/C28H47N5O5/c1-7-19(2)26(32(4)25(35)18-29)23(37-5)17-24(34)33-16-8-9-22(33)27(38-6)20(3)28(36)31-15-12-21-10-13-30-14-11-21/h10-11,13-14,19-20,22-23,26-27H,7-9,12,15-18,29H2,1-6H3,(H,31,36)/t19-,20+,22-,23+,26-,27+/m0/s1. The van der Waals surface area contributed by atoms with Crippen LogP contribution in [0.25, 0.3) is 0 Å². The number of hydrogen-bond donors (Lipinski definition) is 2. The van der Waals surface area contributed by atoms with E-state index in [1.165, 1.54) is 0 Å². The first-order valence-electron chi connectivity index (χ1n) is 13.7. The number of rotatable bonds is 15. The predicted molar refractivity (Wildman–Crippen MR) is 146 cm³/mol. The van der Waals surface area contributed by atoms with Gasteiger partial charge in [0.15, 0.2) is 0 Å². The average Bonchev–Trinajstić information content (AvgIpc) is 3.42. The van der Waals surface area contributed by atoms with Crippen molar-refractivity contribution < 1.29 is 23.9 Å². The zero-order valence-electron chi connectivity index (χ0n) is 23.9. The molecule has 10 heteroatoms. The Hall–Kier alpha value is -2.56. The van der Waals surface area contributed by atoms with E-state index in [1.54, 1.807) is 38.6 Å². The molecule has 0 saturated carbocycles. The van der Waals surface area contributed by atoms with Crippen molar-refractivity contribution in [2.24, 2.45) is 17.6 Å². The van der Waals surface area contributed by atoms with Gasteiger partial charge in [-0.3, -0.25) is 19.4 Å². The predicted octanol–water partition coefficient (Wildman–Crippen LogP) is 1.62. The summed E-state index contributed by atoms with van der Waals surface area (Å²) in [6, 6.07) is 3.36. The molecule has 0 spiro atoms. The Labute approximate surface area is 227 Å². The van der Waals surface area contributed by atoms with E-state index in [4.69, 9.17) is 15.2 Å². The highest BCUT2D eigenvalue weighted by molar-refractivity contribution is 5.81. The van der Waals surface area contributed by atoms with Crippen LogP contribution in [-0.4, -0.2) is 97.7 Å². The minimum absolute atomic E-state index is 0.0615. The summed E-state index contributed by atoms with van der Waals surface area (Å²) >= 11 is 0. The molecule has 0 bridgehead atoms. The second-order valence-corrected chi connectivity index (χ2v) is 10.2. The van der Waals surface area contributed by atoms with Gasteiger partial charge in [0.2, 0.25) is 17.7 Å². The molecule has 1 aliphatic heterocycles. The summed E-state index contributed by atoms with van der Waals surface area (Å²) in [7, 11) is 4.89. The molecule has 0 aromatic carbocycles. The maximum Gasteiger partial charge on any atom is 0.236 e.